The molecule has 1 heterocycles. The molecular weight excluding hydrogens is 206 g/mol. The molecule has 0 amide bonds. The van der Waals surface area contributed by atoms with Crippen LogP contribution in [-0.2, 0) is 22.4 Å². The van der Waals surface area contributed by atoms with Gasteiger partial charge in [-0.25, -0.2) is 15.6 Å². The fourth-order valence-electron chi connectivity index (χ4n) is 0. The van der Waals surface area contributed by atoms with Gasteiger partial charge in [-0.3, -0.25) is 0 Å². The van der Waals surface area contributed by atoms with Crippen molar-refractivity contribution in [2.75, 3.05) is 0 Å². The third-order valence-corrected chi connectivity index (χ3v) is 0.125. The summed E-state index contributed by atoms with van der Waals surface area (Å²) in [4.78, 5) is 0. The van der Waals surface area contributed by atoms with E-state index < -0.39 is 0 Å². The van der Waals surface area contributed by atoms with E-state index in [9.17, 15) is 0 Å². The molecule has 1 rings (SSSR count). The van der Waals surface area contributed by atoms with Gasteiger partial charge in [0.1, 0.15) is 0 Å². The molecule has 0 atom stereocenters. The van der Waals surface area contributed by atoms with Crippen molar-refractivity contribution in [3.63, 3.8) is 0 Å². The van der Waals surface area contributed by atoms with Gasteiger partial charge in [0.25, 0.3) is 0 Å². The zero-order valence-corrected chi connectivity index (χ0v) is 6.41. The molecule has 0 spiro atoms. The average molecular weight is 209 g/mol. The summed E-state index contributed by atoms with van der Waals surface area (Å²) < 4.78 is 0. The van der Waals surface area contributed by atoms with Gasteiger partial charge in [-0.05, 0) is 0 Å². The summed E-state index contributed by atoms with van der Waals surface area (Å²) in [6.07, 6.45) is 0. The maximum absolute atomic E-state index is 2.50. The number of aromatic amines is 3. The molecule has 0 aliphatic rings. The number of rotatable bonds is 0. The molecule has 0 saturated carbocycles. The molecule has 6 heteroatoms. The van der Waals surface area contributed by atoms with Gasteiger partial charge in [-0.1, -0.05) is 0 Å². The van der Waals surface area contributed by atoms with Gasteiger partial charge in [0, 0.05) is 0 Å². The number of aromatic nitrogens is 3. The second kappa shape index (κ2) is 9.21. The maximum Gasteiger partial charge on any atom is 2.00 e. The van der Waals surface area contributed by atoms with Crippen molar-refractivity contribution < 1.29 is 47.2 Å². The number of nitrogens with one attached hydrogen (secondary N) is 3. The molecule has 0 aliphatic carbocycles. The molecule has 3 nitrogen and oxygen atoms in total. The van der Waals surface area contributed by atoms with E-state index in [1.54, 1.807) is 0 Å². The zero-order chi connectivity index (χ0) is 2.12. The smallest absolute Gasteiger partial charge is 1.00 e. The average Bonchev–Trinajstić information content (AvgIpc) is 1.46. The largest absolute Gasteiger partial charge is 2.00 e. The maximum atomic E-state index is 2.50. The molecular formula is H3Cl2N3Nb. The molecule has 6 heavy (non-hydrogen) atoms. The van der Waals surface area contributed by atoms with Gasteiger partial charge in [0.2, 0.25) is 0 Å². The Balaban J connectivity index is -0.0000000300. The summed E-state index contributed by atoms with van der Waals surface area (Å²) >= 11 is 0. The molecule has 37 valence electrons. The van der Waals surface area contributed by atoms with Crippen LogP contribution in [0.15, 0.2) is 0 Å². The second-order valence-electron chi connectivity index (χ2n) is 0.375. The van der Waals surface area contributed by atoms with Gasteiger partial charge in [-0.2, -0.15) is 0 Å². The standard InChI is InChI=1S/2ClH.H3N3.Nb/c;;1-2-3-1;/h2*1H;1-3H;/q;;;+2/p-2. The van der Waals surface area contributed by atoms with E-state index in [1.165, 1.54) is 0 Å². The van der Waals surface area contributed by atoms with Crippen molar-refractivity contribution in [2.24, 2.45) is 0 Å². The first kappa shape index (κ1) is 15.9. The van der Waals surface area contributed by atoms with Crippen LogP contribution in [0.2, 0.25) is 0 Å². The minimum atomic E-state index is 0. The van der Waals surface area contributed by atoms with Crippen molar-refractivity contribution in [3.05, 3.63) is 0 Å². The van der Waals surface area contributed by atoms with Crippen LogP contribution >= 0.6 is 0 Å². The summed E-state index contributed by atoms with van der Waals surface area (Å²) in [6, 6.07) is 0. The molecule has 0 aliphatic heterocycles. The Morgan fingerprint density at radius 2 is 0.833 bits per heavy atom. The van der Waals surface area contributed by atoms with E-state index in [2.05, 4.69) is 15.6 Å². The summed E-state index contributed by atoms with van der Waals surface area (Å²) in [5.41, 5.74) is 0. The normalized spacial score (nSPS) is 4.00. The van der Waals surface area contributed by atoms with Crippen LogP contribution in [0.4, 0.5) is 0 Å². The summed E-state index contributed by atoms with van der Waals surface area (Å²) in [7, 11) is 0. The van der Waals surface area contributed by atoms with E-state index in [0.29, 0.717) is 0 Å². The van der Waals surface area contributed by atoms with Crippen LogP contribution in [0.1, 0.15) is 0 Å². The minimum absolute atomic E-state index is 0. The zero-order valence-electron chi connectivity index (χ0n) is 2.70. The van der Waals surface area contributed by atoms with Gasteiger partial charge >= 0.3 is 22.4 Å². The van der Waals surface area contributed by atoms with Crippen LogP contribution in [-0.4, -0.2) is 15.6 Å². The molecule has 1 aromatic rings. The molecule has 0 fully saturated rings. The Labute approximate surface area is 62.9 Å². The van der Waals surface area contributed by atoms with Crippen LogP contribution < -0.4 is 24.8 Å². The van der Waals surface area contributed by atoms with Crippen LogP contribution in [0, 0.1) is 0 Å². The van der Waals surface area contributed by atoms with Crippen molar-refractivity contribution in [1.82, 2.24) is 15.6 Å². The Kier molecular flexibility index (Phi) is 24.4. The topological polar surface area (TPSA) is 47.4 Å². The van der Waals surface area contributed by atoms with Crippen molar-refractivity contribution >= 4 is 0 Å². The molecule has 0 bridgehead atoms. The first-order valence-electron chi connectivity index (χ1n) is 0.750. The minimum Gasteiger partial charge on any atom is -1.00 e. The predicted octanol–water partition coefficient (Wildman–Crippen LogP) is -6.32. The third kappa shape index (κ3) is 22.1. The second-order valence-corrected chi connectivity index (χ2v) is 0.375. The van der Waals surface area contributed by atoms with Crippen LogP contribution in [0.5, 0.6) is 0 Å². The molecule has 0 aromatic carbocycles. The SMILES string of the molecule is [Cl-].[Cl-].[Nb+2].[nH]1[nH][nH]1. The number of halogens is 2. The fraction of sp³-hybridized carbons (Fsp3) is 0. The van der Waals surface area contributed by atoms with Crippen LogP contribution in [0.25, 0.3) is 0 Å². The molecule has 3 N–H and O–H groups in total. The van der Waals surface area contributed by atoms with E-state index in [4.69, 9.17) is 0 Å². The van der Waals surface area contributed by atoms with Gasteiger partial charge < -0.3 is 24.8 Å². The van der Waals surface area contributed by atoms with E-state index in [1.807, 2.05) is 0 Å². The Morgan fingerprint density at radius 1 is 0.667 bits per heavy atom. The number of hydrogen-bond donors (Lipinski definition) is 3. The first-order chi connectivity index (χ1) is 1.50. The van der Waals surface area contributed by atoms with Crippen molar-refractivity contribution in [1.29, 1.82) is 0 Å². The monoisotopic (exact) mass is 208 g/mol. The Bertz CT molecular complexity index is 36.9. The predicted molar refractivity (Wildman–Crippen MR) is 9.49 cm³/mol. The van der Waals surface area contributed by atoms with Crippen molar-refractivity contribution in [3.8, 4) is 0 Å². The number of H-pyrrole nitrogens is 3. The van der Waals surface area contributed by atoms with E-state index >= 15 is 0 Å². The molecule has 0 saturated heterocycles. The molecule has 1 radical (unpaired) electrons. The van der Waals surface area contributed by atoms with Gasteiger partial charge in [0.15, 0.2) is 0 Å². The fourth-order valence-corrected chi connectivity index (χ4v) is 0. The Hall–Kier alpha value is 0.720. The van der Waals surface area contributed by atoms with Gasteiger partial charge in [0.05, 0.1) is 0 Å². The van der Waals surface area contributed by atoms with Crippen molar-refractivity contribution in [2.45, 2.75) is 0 Å². The number of hydrogen-bond acceptors (Lipinski definition) is 0. The van der Waals surface area contributed by atoms with E-state index in [-0.39, 0.29) is 47.2 Å². The summed E-state index contributed by atoms with van der Waals surface area (Å²) in [6.45, 7) is 0. The third-order valence-electron chi connectivity index (χ3n) is 0.125. The first-order valence-corrected chi connectivity index (χ1v) is 0.750. The Morgan fingerprint density at radius 3 is 0.833 bits per heavy atom. The van der Waals surface area contributed by atoms with Gasteiger partial charge in [-0.15, -0.1) is 0 Å². The molecule has 0 unspecified atom stereocenters. The quantitative estimate of drug-likeness (QED) is 0.356. The summed E-state index contributed by atoms with van der Waals surface area (Å²) in [5.74, 6) is 0. The summed E-state index contributed by atoms with van der Waals surface area (Å²) in [5, 5.41) is 7.50. The molecule has 1 aromatic heterocycles. The van der Waals surface area contributed by atoms with E-state index in [0.717, 1.165) is 0 Å². The van der Waals surface area contributed by atoms with Crippen LogP contribution in [0.3, 0.4) is 0 Å².